The maximum absolute atomic E-state index is 12.5. The predicted octanol–water partition coefficient (Wildman–Crippen LogP) is 3.45. The highest BCUT2D eigenvalue weighted by Gasteiger charge is 2.14. The van der Waals surface area contributed by atoms with Crippen LogP contribution >= 0.6 is 0 Å². The minimum atomic E-state index is -0.563. The summed E-state index contributed by atoms with van der Waals surface area (Å²) in [5.74, 6) is 0.355. The largest absolute Gasteiger partial charge is 0.495 e. The number of nitriles is 2. The fourth-order valence-electron chi connectivity index (χ4n) is 2.25. The highest BCUT2D eigenvalue weighted by Crippen LogP contribution is 2.26. The molecule has 0 saturated carbocycles. The zero-order valence-corrected chi connectivity index (χ0v) is 14.4. The Labute approximate surface area is 151 Å². The van der Waals surface area contributed by atoms with Gasteiger partial charge in [0.05, 0.1) is 12.8 Å². The van der Waals surface area contributed by atoms with E-state index in [-0.39, 0.29) is 12.2 Å². The number of methoxy groups -OCH3 is 1. The first-order valence-corrected chi connectivity index (χ1v) is 7.75. The molecule has 26 heavy (non-hydrogen) atoms. The van der Waals surface area contributed by atoms with Crippen LogP contribution in [0.1, 0.15) is 11.1 Å². The third-order valence-electron chi connectivity index (χ3n) is 3.48. The normalized spacial score (nSPS) is 10.4. The molecule has 130 valence electrons. The van der Waals surface area contributed by atoms with Gasteiger partial charge >= 0.3 is 0 Å². The van der Waals surface area contributed by atoms with Gasteiger partial charge in [-0.3, -0.25) is 4.79 Å². The Hall–Kier alpha value is -3.77. The van der Waals surface area contributed by atoms with E-state index in [1.165, 1.54) is 13.2 Å². The summed E-state index contributed by atoms with van der Waals surface area (Å²) in [4.78, 5) is 12.5. The van der Waals surface area contributed by atoms with E-state index in [0.717, 1.165) is 5.56 Å². The van der Waals surface area contributed by atoms with Gasteiger partial charge in [0.1, 0.15) is 29.2 Å². The number of rotatable bonds is 6. The molecule has 2 aromatic carbocycles. The average molecular weight is 347 g/mol. The zero-order valence-electron chi connectivity index (χ0n) is 14.4. The molecule has 0 fully saturated rings. The third-order valence-corrected chi connectivity index (χ3v) is 3.48. The van der Waals surface area contributed by atoms with Crippen LogP contribution in [-0.2, 0) is 4.79 Å². The minimum Gasteiger partial charge on any atom is -0.495 e. The smallest absolute Gasteiger partial charge is 0.266 e. The van der Waals surface area contributed by atoms with Gasteiger partial charge in [0.15, 0.2) is 6.61 Å². The number of carbonyl (C=O) groups excluding carboxylic acids is 1. The molecule has 0 aliphatic carbocycles. The Morgan fingerprint density at radius 3 is 2.65 bits per heavy atom. The van der Waals surface area contributed by atoms with Crippen LogP contribution in [0.5, 0.6) is 11.5 Å². The Morgan fingerprint density at radius 2 is 1.96 bits per heavy atom. The van der Waals surface area contributed by atoms with Crippen molar-refractivity contribution >= 4 is 17.7 Å². The SMILES string of the molecule is COc1ccc(C)cc1NC(=O)/C(C#N)=C/c1ccccc1OCC#N. The molecule has 0 saturated heterocycles. The van der Waals surface area contributed by atoms with Crippen LogP contribution in [-0.4, -0.2) is 19.6 Å². The molecule has 1 N–H and O–H groups in total. The Kier molecular flexibility index (Phi) is 6.36. The van der Waals surface area contributed by atoms with E-state index in [2.05, 4.69) is 5.32 Å². The van der Waals surface area contributed by atoms with Crippen LogP contribution in [0.3, 0.4) is 0 Å². The zero-order chi connectivity index (χ0) is 18.9. The van der Waals surface area contributed by atoms with Crippen molar-refractivity contribution in [2.75, 3.05) is 19.0 Å². The fourth-order valence-corrected chi connectivity index (χ4v) is 2.25. The van der Waals surface area contributed by atoms with E-state index in [9.17, 15) is 10.1 Å². The molecule has 0 radical (unpaired) electrons. The van der Waals surface area contributed by atoms with E-state index < -0.39 is 5.91 Å². The topological polar surface area (TPSA) is 95.1 Å². The Balaban J connectivity index is 2.30. The predicted molar refractivity (Wildman–Crippen MR) is 97.5 cm³/mol. The number of nitrogens with one attached hydrogen (secondary N) is 1. The molecule has 1 amide bonds. The molecule has 0 bridgehead atoms. The first kappa shape index (κ1) is 18.6. The van der Waals surface area contributed by atoms with Gasteiger partial charge in [-0.25, -0.2) is 0 Å². The molecular weight excluding hydrogens is 330 g/mol. The Morgan fingerprint density at radius 1 is 1.19 bits per heavy atom. The van der Waals surface area contributed by atoms with Crippen LogP contribution in [0.4, 0.5) is 5.69 Å². The van der Waals surface area contributed by atoms with Crippen LogP contribution in [0.15, 0.2) is 48.0 Å². The van der Waals surface area contributed by atoms with E-state index in [1.807, 2.05) is 25.1 Å². The summed E-state index contributed by atoms with van der Waals surface area (Å²) in [6.45, 7) is 1.76. The molecule has 0 aromatic heterocycles. The maximum atomic E-state index is 12.5. The number of ether oxygens (including phenoxy) is 2. The van der Waals surface area contributed by atoms with Crippen molar-refractivity contribution < 1.29 is 14.3 Å². The lowest BCUT2D eigenvalue weighted by Crippen LogP contribution is -2.14. The second-order valence-corrected chi connectivity index (χ2v) is 5.31. The van der Waals surface area contributed by atoms with Crippen molar-refractivity contribution in [2.24, 2.45) is 0 Å². The maximum Gasteiger partial charge on any atom is 0.266 e. The number of para-hydroxylation sites is 1. The van der Waals surface area contributed by atoms with Gasteiger partial charge in [-0.1, -0.05) is 24.3 Å². The molecular formula is C20H17N3O3. The highest BCUT2D eigenvalue weighted by molar-refractivity contribution is 6.10. The summed E-state index contributed by atoms with van der Waals surface area (Å²) in [5.41, 5.74) is 1.86. The van der Waals surface area contributed by atoms with Crippen LogP contribution in [0.25, 0.3) is 6.08 Å². The molecule has 6 heteroatoms. The van der Waals surface area contributed by atoms with Crippen molar-refractivity contribution in [2.45, 2.75) is 6.92 Å². The lowest BCUT2D eigenvalue weighted by atomic mass is 10.1. The van der Waals surface area contributed by atoms with E-state index in [0.29, 0.717) is 22.7 Å². The fraction of sp³-hybridized carbons (Fsp3) is 0.150. The van der Waals surface area contributed by atoms with E-state index in [4.69, 9.17) is 14.7 Å². The molecule has 0 atom stereocenters. The highest BCUT2D eigenvalue weighted by atomic mass is 16.5. The van der Waals surface area contributed by atoms with Gasteiger partial charge in [0.25, 0.3) is 5.91 Å². The third kappa shape index (κ3) is 4.62. The lowest BCUT2D eigenvalue weighted by molar-refractivity contribution is -0.112. The standard InChI is InChI=1S/C20H17N3O3/c1-14-7-8-19(25-2)17(11-14)23-20(24)16(13-22)12-15-5-3-4-6-18(15)26-10-9-21/h3-8,11-12H,10H2,1-2H3,(H,23,24)/b16-12+. The van der Waals surface area contributed by atoms with Gasteiger partial charge in [0, 0.05) is 5.56 Å². The van der Waals surface area contributed by atoms with Crippen LogP contribution in [0, 0.1) is 29.6 Å². The molecule has 2 aromatic rings. The molecule has 0 aliphatic rings. The molecule has 6 nitrogen and oxygen atoms in total. The number of hydrogen-bond acceptors (Lipinski definition) is 5. The van der Waals surface area contributed by atoms with Crippen LogP contribution in [0.2, 0.25) is 0 Å². The van der Waals surface area contributed by atoms with Crippen molar-refractivity contribution in [1.82, 2.24) is 0 Å². The lowest BCUT2D eigenvalue weighted by Gasteiger charge is -2.11. The van der Waals surface area contributed by atoms with Gasteiger partial charge < -0.3 is 14.8 Å². The number of amides is 1. The summed E-state index contributed by atoms with van der Waals surface area (Å²) in [5, 5.41) is 20.7. The second-order valence-electron chi connectivity index (χ2n) is 5.31. The summed E-state index contributed by atoms with van der Waals surface area (Å²) in [7, 11) is 1.50. The minimum absolute atomic E-state index is 0.0958. The number of benzene rings is 2. The van der Waals surface area contributed by atoms with Crippen molar-refractivity contribution in [3.8, 4) is 23.6 Å². The van der Waals surface area contributed by atoms with Crippen molar-refractivity contribution in [3.05, 3.63) is 59.2 Å². The second kappa shape index (κ2) is 8.91. The van der Waals surface area contributed by atoms with Gasteiger partial charge in [-0.15, -0.1) is 0 Å². The molecule has 2 rings (SSSR count). The van der Waals surface area contributed by atoms with Crippen molar-refractivity contribution in [3.63, 3.8) is 0 Å². The van der Waals surface area contributed by atoms with Gasteiger partial charge in [0.2, 0.25) is 0 Å². The quantitative estimate of drug-likeness (QED) is 0.638. The summed E-state index contributed by atoms with van der Waals surface area (Å²) >= 11 is 0. The molecule has 0 unspecified atom stereocenters. The van der Waals surface area contributed by atoms with E-state index in [1.54, 1.807) is 36.4 Å². The number of hydrogen-bond donors (Lipinski definition) is 1. The number of aryl methyl sites for hydroxylation is 1. The van der Waals surface area contributed by atoms with Gasteiger partial charge in [-0.2, -0.15) is 10.5 Å². The van der Waals surface area contributed by atoms with Gasteiger partial charge in [-0.05, 0) is 36.8 Å². The first-order chi connectivity index (χ1) is 12.6. The number of anilines is 1. The monoisotopic (exact) mass is 347 g/mol. The summed E-state index contributed by atoms with van der Waals surface area (Å²) in [6.07, 6.45) is 1.42. The number of carbonyl (C=O) groups is 1. The molecule has 0 heterocycles. The molecule has 0 aliphatic heterocycles. The van der Waals surface area contributed by atoms with Crippen molar-refractivity contribution in [1.29, 1.82) is 10.5 Å². The Bertz CT molecular complexity index is 921. The summed E-state index contributed by atoms with van der Waals surface area (Å²) < 4.78 is 10.5. The average Bonchev–Trinajstić information content (AvgIpc) is 2.65. The summed E-state index contributed by atoms with van der Waals surface area (Å²) in [6, 6.07) is 16.0. The number of nitrogens with zero attached hydrogens (tertiary/aromatic N) is 2. The van der Waals surface area contributed by atoms with Crippen LogP contribution < -0.4 is 14.8 Å². The first-order valence-electron chi connectivity index (χ1n) is 7.75. The van der Waals surface area contributed by atoms with E-state index >= 15 is 0 Å². The molecule has 0 spiro atoms.